The zero-order valence-corrected chi connectivity index (χ0v) is 11.9. The van der Waals surface area contributed by atoms with Gasteiger partial charge in [0.1, 0.15) is 0 Å². The molecule has 0 unspecified atom stereocenters. The van der Waals surface area contributed by atoms with E-state index in [2.05, 4.69) is 6.92 Å². The minimum absolute atomic E-state index is 0.171. The lowest BCUT2D eigenvalue weighted by molar-refractivity contribution is -0.145. The van der Waals surface area contributed by atoms with Crippen molar-refractivity contribution >= 4 is 23.2 Å². The molecule has 0 aromatic rings. The molecule has 100 valence electrons. The maximum Gasteiger partial charge on any atom is 0.320 e. The van der Waals surface area contributed by atoms with Crippen LogP contribution < -0.4 is 5.73 Å². The molecular weight excluding hydrogens is 236 g/mol. The van der Waals surface area contributed by atoms with E-state index in [0.29, 0.717) is 31.1 Å². The number of hydrogen-bond acceptors (Lipinski definition) is 4. The molecule has 5 heteroatoms. The number of nitrogens with zero attached hydrogens (tertiary/aromatic N) is 1. The molecule has 0 bridgehead atoms. The number of esters is 1. The maximum atomic E-state index is 11.5. The molecule has 0 fully saturated rings. The highest BCUT2D eigenvalue weighted by atomic mass is 32.1. The smallest absolute Gasteiger partial charge is 0.320 e. The Morgan fingerprint density at radius 1 is 1.47 bits per heavy atom. The summed E-state index contributed by atoms with van der Waals surface area (Å²) in [5.74, 6) is -0.171. The minimum Gasteiger partial charge on any atom is -0.465 e. The van der Waals surface area contributed by atoms with Crippen LogP contribution in [0.5, 0.6) is 0 Å². The van der Waals surface area contributed by atoms with Crippen LogP contribution in [0.3, 0.4) is 0 Å². The first-order valence-corrected chi connectivity index (χ1v) is 6.56. The lowest BCUT2D eigenvalue weighted by atomic mass is 10.3. The van der Waals surface area contributed by atoms with Crippen LogP contribution in [0.15, 0.2) is 0 Å². The van der Waals surface area contributed by atoms with Crippen molar-refractivity contribution in [3.63, 3.8) is 0 Å². The summed E-state index contributed by atoms with van der Waals surface area (Å²) in [6, 6.07) is 0.281. The topological polar surface area (TPSA) is 55.6 Å². The normalized spacial score (nSPS) is 10.9. The van der Waals surface area contributed by atoms with E-state index in [1.807, 2.05) is 18.7 Å². The van der Waals surface area contributed by atoms with Gasteiger partial charge in [0.2, 0.25) is 0 Å². The highest BCUT2D eigenvalue weighted by Gasteiger charge is 2.14. The number of ether oxygens (including phenoxy) is 1. The summed E-state index contributed by atoms with van der Waals surface area (Å²) >= 11 is 4.83. The second-order valence-electron chi connectivity index (χ2n) is 4.35. The van der Waals surface area contributed by atoms with Crippen LogP contribution in [0, 0.1) is 0 Å². The van der Waals surface area contributed by atoms with Crippen LogP contribution >= 0.6 is 12.2 Å². The molecule has 0 aromatic heterocycles. The molecule has 0 saturated heterocycles. The predicted molar refractivity (Wildman–Crippen MR) is 74.0 cm³/mol. The average Bonchev–Trinajstić information content (AvgIpc) is 2.23. The molecule has 0 radical (unpaired) electrons. The first-order valence-electron chi connectivity index (χ1n) is 6.15. The van der Waals surface area contributed by atoms with Crippen LogP contribution in [0.1, 0.15) is 40.0 Å². The van der Waals surface area contributed by atoms with Crippen molar-refractivity contribution in [1.29, 1.82) is 0 Å². The summed E-state index contributed by atoms with van der Waals surface area (Å²) in [5.41, 5.74) is 5.46. The van der Waals surface area contributed by atoms with Gasteiger partial charge < -0.3 is 10.5 Å². The molecule has 0 rings (SSSR count). The van der Waals surface area contributed by atoms with Crippen molar-refractivity contribution in [2.24, 2.45) is 5.73 Å². The first kappa shape index (κ1) is 16.3. The Morgan fingerprint density at radius 2 is 2.12 bits per heavy atom. The second-order valence-corrected chi connectivity index (χ2v) is 4.88. The van der Waals surface area contributed by atoms with E-state index in [0.717, 1.165) is 12.8 Å². The van der Waals surface area contributed by atoms with Gasteiger partial charge in [-0.1, -0.05) is 25.6 Å². The van der Waals surface area contributed by atoms with Gasteiger partial charge in [-0.3, -0.25) is 9.69 Å². The fraction of sp³-hybridized carbons (Fsp3) is 0.833. The molecule has 0 aromatic carbocycles. The summed E-state index contributed by atoms with van der Waals surface area (Å²) in [7, 11) is 0. The van der Waals surface area contributed by atoms with Crippen LogP contribution in [0.25, 0.3) is 0 Å². The van der Waals surface area contributed by atoms with Gasteiger partial charge >= 0.3 is 5.97 Å². The van der Waals surface area contributed by atoms with Crippen molar-refractivity contribution < 1.29 is 9.53 Å². The standard InChI is InChI=1S/C12H24N2O2S/c1-4-5-8-16-12(15)9-14(10(2)3)7-6-11(13)17/h10H,4-9H2,1-3H3,(H2,13,17). The third-order valence-electron chi connectivity index (χ3n) is 2.47. The number of carbonyl (C=O) groups is 1. The molecular formula is C12H24N2O2S. The quantitative estimate of drug-likeness (QED) is 0.388. The largest absolute Gasteiger partial charge is 0.465 e. The number of carbonyl (C=O) groups excluding carboxylic acids is 1. The molecule has 0 aliphatic rings. The van der Waals surface area contributed by atoms with Crippen molar-refractivity contribution in [2.75, 3.05) is 19.7 Å². The highest BCUT2D eigenvalue weighted by Crippen LogP contribution is 2.01. The van der Waals surface area contributed by atoms with Crippen LogP contribution in [0.4, 0.5) is 0 Å². The van der Waals surface area contributed by atoms with Crippen molar-refractivity contribution in [3.8, 4) is 0 Å². The van der Waals surface area contributed by atoms with Gasteiger partial charge in [0, 0.05) is 19.0 Å². The number of nitrogens with two attached hydrogens (primary N) is 1. The van der Waals surface area contributed by atoms with E-state index in [-0.39, 0.29) is 12.0 Å². The molecule has 0 spiro atoms. The van der Waals surface area contributed by atoms with Crippen LogP contribution in [0.2, 0.25) is 0 Å². The Bertz CT molecular complexity index is 245. The van der Waals surface area contributed by atoms with Crippen LogP contribution in [-0.2, 0) is 9.53 Å². The van der Waals surface area contributed by atoms with Gasteiger partial charge in [-0.05, 0) is 20.3 Å². The van der Waals surface area contributed by atoms with Gasteiger partial charge in [0.05, 0.1) is 18.1 Å². The number of rotatable bonds is 9. The van der Waals surface area contributed by atoms with Crippen molar-refractivity contribution in [3.05, 3.63) is 0 Å². The third-order valence-corrected chi connectivity index (χ3v) is 2.67. The maximum absolute atomic E-state index is 11.5. The number of thiocarbonyl (C=S) groups is 1. The molecule has 4 nitrogen and oxygen atoms in total. The van der Waals surface area contributed by atoms with Gasteiger partial charge in [-0.2, -0.15) is 0 Å². The summed E-state index contributed by atoms with van der Waals surface area (Å²) in [6.07, 6.45) is 2.58. The summed E-state index contributed by atoms with van der Waals surface area (Å²) in [4.78, 5) is 14.1. The Balaban J connectivity index is 3.97. The zero-order chi connectivity index (χ0) is 13.3. The SMILES string of the molecule is CCCCOC(=O)CN(CCC(N)=S)C(C)C. The number of unbranched alkanes of at least 4 members (excludes halogenated alkanes) is 1. The molecule has 0 heterocycles. The second kappa shape index (κ2) is 9.36. The van der Waals surface area contributed by atoms with E-state index in [1.165, 1.54) is 0 Å². The Hall–Kier alpha value is -0.680. The Kier molecular flexibility index (Phi) is 8.99. The Morgan fingerprint density at radius 3 is 2.59 bits per heavy atom. The van der Waals surface area contributed by atoms with E-state index >= 15 is 0 Å². The molecule has 0 saturated carbocycles. The van der Waals surface area contributed by atoms with Gasteiger partial charge in [-0.15, -0.1) is 0 Å². The van der Waals surface area contributed by atoms with Gasteiger partial charge in [0.15, 0.2) is 0 Å². The fourth-order valence-electron chi connectivity index (χ4n) is 1.32. The van der Waals surface area contributed by atoms with E-state index < -0.39 is 0 Å². The summed E-state index contributed by atoms with van der Waals surface area (Å²) < 4.78 is 5.13. The molecule has 0 aliphatic heterocycles. The Labute approximate surface area is 109 Å². The van der Waals surface area contributed by atoms with E-state index in [1.54, 1.807) is 0 Å². The van der Waals surface area contributed by atoms with E-state index in [9.17, 15) is 4.79 Å². The van der Waals surface area contributed by atoms with Crippen molar-refractivity contribution in [2.45, 2.75) is 46.1 Å². The lowest BCUT2D eigenvalue weighted by Crippen LogP contribution is -2.38. The predicted octanol–water partition coefficient (Wildman–Crippen LogP) is 1.72. The van der Waals surface area contributed by atoms with Gasteiger partial charge in [-0.25, -0.2) is 0 Å². The molecule has 0 aliphatic carbocycles. The summed E-state index contributed by atoms with van der Waals surface area (Å²) in [5, 5.41) is 0. The minimum atomic E-state index is -0.171. The van der Waals surface area contributed by atoms with E-state index in [4.69, 9.17) is 22.7 Å². The van der Waals surface area contributed by atoms with Crippen molar-refractivity contribution in [1.82, 2.24) is 4.90 Å². The molecule has 0 amide bonds. The number of hydrogen-bond donors (Lipinski definition) is 1. The fourth-order valence-corrected chi connectivity index (χ4v) is 1.41. The summed E-state index contributed by atoms with van der Waals surface area (Å²) in [6.45, 7) is 7.67. The third kappa shape index (κ3) is 9.06. The monoisotopic (exact) mass is 260 g/mol. The highest BCUT2D eigenvalue weighted by molar-refractivity contribution is 7.80. The zero-order valence-electron chi connectivity index (χ0n) is 11.1. The lowest BCUT2D eigenvalue weighted by Gasteiger charge is -2.25. The molecule has 2 N–H and O–H groups in total. The first-order chi connectivity index (χ1) is 7.97. The molecule has 17 heavy (non-hydrogen) atoms. The van der Waals surface area contributed by atoms with Gasteiger partial charge in [0.25, 0.3) is 0 Å². The van der Waals surface area contributed by atoms with Crippen LogP contribution in [-0.4, -0.2) is 41.6 Å². The molecule has 0 atom stereocenters. The average molecular weight is 260 g/mol.